The first-order chi connectivity index (χ1) is 15.9. The van der Waals surface area contributed by atoms with Crippen molar-refractivity contribution in [3.05, 3.63) is 54.1 Å². The van der Waals surface area contributed by atoms with E-state index in [2.05, 4.69) is 5.32 Å². The van der Waals surface area contributed by atoms with Gasteiger partial charge in [0.25, 0.3) is 5.91 Å². The maximum absolute atomic E-state index is 13.0. The maximum Gasteiger partial charge on any atom is 0.253 e. The van der Waals surface area contributed by atoms with E-state index < -0.39 is 5.54 Å². The zero-order valence-corrected chi connectivity index (χ0v) is 18.8. The van der Waals surface area contributed by atoms with Crippen LogP contribution in [0.15, 0.2) is 48.5 Å². The van der Waals surface area contributed by atoms with Crippen LogP contribution in [-0.2, 0) is 9.59 Å². The molecule has 7 nitrogen and oxygen atoms in total. The first-order valence-corrected chi connectivity index (χ1v) is 11.8. The Morgan fingerprint density at radius 3 is 2.15 bits per heavy atom. The van der Waals surface area contributed by atoms with E-state index in [9.17, 15) is 14.4 Å². The maximum atomic E-state index is 13.0. The number of anilines is 1. The van der Waals surface area contributed by atoms with Crippen LogP contribution >= 0.6 is 0 Å². The number of rotatable bonds is 5. The van der Waals surface area contributed by atoms with Gasteiger partial charge in [-0.05, 0) is 67.5 Å². The predicted molar refractivity (Wildman–Crippen MR) is 126 cm³/mol. The molecule has 0 spiro atoms. The summed E-state index contributed by atoms with van der Waals surface area (Å²) < 4.78 is 0. The minimum absolute atomic E-state index is 0.0230. The fourth-order valence-corrected chi connectivity index (χ4v) is 4.55. The zero-order chi connectivity index (χ0) is 23.0. The SMILES string of the molecule is NC1(C(=O)N2CCN(C(=O)c3ccc(-c4cccc(NC(=O)C5CC5)c4)cc3)CC2)CCC1. The first-order valence-electron chi connectivity index (χ1n) is 11.8. The minimum Gasteiger partial charge on any atom is -0.338 e. The third kappa shape index (κ3) is 4.50. The Labute approximate surface area is 193 Å². The summed E-state index contributed by atoms with van der Waals surface area (Å²) in [5.74, 6) is 0.253. The summed E-state index contributed by atoms with van der Waals surface area (Å²) in [5, 5.41) is 2.98. The van der Waals surface area contributed by atoms with Crippen LogP contribution in [0.2, 0.25) is 0 Å². The molecule has 2 aromatic rings. The van der Waals surface area contributed by atoms with Gasteiger partial charge in [-0.3, -0.25) is 14.4 Å². The highest BCUT2D eigenvalue weighted by Gasteiger charge is 2.43. The van der Waals surface area contributed by atoms with Gasteiger partial charge in [-0.15, -0.1) is 0 Å². The molecular weight excluding hydrogens is 416 g/mol. The largest absolute Gasteiger partial charge is 0.338 e. The van der Waals surface area contributed by atoms with Gasteiger partial charge in [0.05, 0.1) is 5.54 Å². The average Bonchev–Trinajstić information content (AvgIpc) is 3.68. The van der Waals surface area contributed by atoms with Crippen LogP contribution in [0.25, 0.3) is 11.1 Å². The van der Waals surface area contributed by atoms with E-state index in [1.54, 1.807) is 9.80 Å². The minimum atomic E-state index is -0.681. The Kier molecular flexibility index (Phi) is 5.66. The van der Waals surface area contributed by atoms with Crippen molar-refractivity contribution in [2.75, 3.05) is 31.5 Å². The molecule has 1 heterocycles. The van der Waals surface area contributed by atoms with Crippen LogP contribution in [0.3, 0.4) is 0 Å². The number of amides is 3. The van der Waals surface area contributed by atoms with Crippen molar-refractivity contribution in [3.8, 4) is 11.1 Å². The second kappa shape index (κ2) is 8.63. The van der Waals surface area contributed by atoms with Gasteiger partial charge in [0, 0.05) is 43.3 Å². The Bertz CT molecular complexity index is 1070. The van der Waals surface area contributed by atoms with Crippen molar-refractivity contribution in [1.82, 2.24) is 9.80 Å². The normalized spacial score (nSPS) is 19.5. The van der Waals surface area contributed by atoms with Gasteiger partial charge < -0.3 is 20.9 Å². The Morgan fingerprint density at radius 2 is 1.55 bits per heavy atom. The third-order valence-electron chi connectivity index (χ3n) is 7.07. The Hall–Kier alpha value is -3.19. The highest BCUT2D eigenvalue weighted by molar-refractivity contribution is 5.96. The quantitative estimate of drug-likeness (QED) is 0.738. The van der Waals surface area contributed by atoms with E-state index in [-0.39, 0.29) is 23.6 Å². The van der Waals surface area contributed by atoms with E-state index in [0.717, 1.165) is 48.9 Å². The molecule has 2 saturated carbocycles. The van der Waals surface area contributed by atoms with Crippen LogP contribution in [0.5, 0.6) is 0 Å². The summed E-state index contributed by atoms with van der Waals surface area (Å²) in [6.07, 6.45) is 4.47. The predicted octanol–water partition coefficient (Wildman–Crippen LogP) is 2.87. The summed E-state index contributed by atoms with van der Waals surface area (Å²) >= 11 is 0. The first kappa shape index (κ1) is 21.6. The number of benzene rings is 2. The molecule has 0 unspecified atom stereocenters. The lowest BCUT2D eigenvalue weighted by Crippen LogP contribution is -2.62. The van der Waals surface area contributed by atoms with Crippen molar-refractivity contribution in [3.63, 3.8) is 0 Å². The monoisotopic (exact) mass is 446 g/mol. The molecule has 172 valence electrons. The van der Waals surface area contributed by atoms with Gasteiger partial charge in [0.15, 0.2) is 0 Å². The molecule has 0 bridgehead atoms. The fourth-order valence-electron chi connectivity index (χ4n) is 4.55. The van der Waals surface area contributed by atoms with Crippen molar-refractivity contribution < 1.29 is 14.4 Å². The number of hydrogen-bond acceptors (Lipinski definition) is 4. The average molecular weight is 447 g/mol. The molecular formula is C26H30N4O3. The molecule has 3 fully saturated rings. The molecule has 3 aliphatic rings. The molecule has 0 aromatic heterocycles. The van der Waals surface area contributed by atoms with Crippen molar-refractivity contribution >= 4 is 23.4 Å². The lowest BCUT2D eigenvalue weighted by Gasteiger charge is -2.43. The topological polar surface area (TPSA) is 95.7 Å². The highest BCUT2D eigenvalue weighted by atomic mass is 16.2. The number of nitrogens with zero attached hydrogens (tertiary/aromatic N) is 2. The number of carbonyl (C=O) groups excluding carboxylic acids is 3. The van der Waals surface area contributed by atoms with Crippen molar-refractivity contribution in [1.29, 1.82) is 0 Å². The molecule has 1 aliphatic heterocycles. The number of piperazine rings is 1. The van der Waals surface area contributed by atoms with E-state index >= 15 is 0 Å². The van der Waals surface area contributed by atoms with Crippen LogP contribution < -0.4 is 11.1 Å². The van der Waals surface area contributed by atoms with Crippen LogP contribution in [0.4, 0.5) is 5.69 Å². The van der Waals surface area contributed by atoms with Crippen molar-refractivity contribution in [2.24, 2.45) is 11.7 Å². The van der Waals surface area contributed by atoms with Crippen LogP contribution in [0.1, 0.15) is 42.5 Å². The number of hydrogen-bond donors (Lipinski definition) is 2. The van der Waals surface area contributed by atoms with Crippen molar-refractivity contribution in [2.45, 2.75) is 37.6 Å². The van der Waals surface area contributed by atoms with E-state index in [4.69, 9.17) is 5.73 Å². The zero-order valence-electron chi connectivity index (χ0n) is 18.8. The molecule has 1 saturated heterocycles. The molecule has 5 rings (SSSR count). The molecule has 2 aliphatic carbocycles. The van der Waals surface area contributed by atoms with Gasteiger partial charge in [-0.1, -0.05) is 24.3 Å². The van der Waals surface area contributed by atoms with Gasteiger partial charge >= 0.3 is 0 Å². The highest BCUT2D eigenvalue weighted by Crippen LogP contribution is 2.32. The number of nitrogens with one attached hydrogen (secondary N) is 1. The van der Waals surface area contributed by atoms with E-state index in [1.807, 2.05) is 48.5 Å². The summed E-state index contributed by atoms with van der Waals surface area (Å²) in [5.41, 5.74) is 8.89. The number of carbonyl (C=O) groups is 3. The molecule has 0 radical (unpaired) electrons. The second-order valence-corrected chi connectivity index (χ2v) is 9.52. The summed E-state index contributed by atoms with van der Waals surface area (Å²) in [4.78, 5) is 41.2. The molecule has 0 atom stereocenters. The summed E-state index contributed by atoms with van der Waals surface area (Å²) in [7, 11) is 0. The fraction of sp³-hybridized carbons (Fsp3) is 0.423. The summed E-state index contributed by atoms with van der Waals surface area (Å²) in [6, 6.07) is 15.3. The van der Waals surface area contributed by atoms with Crippen LogP contribution in [0, 0.1) is 5.92 Å². The lowest BCUT2D eigenvalue weighted by molar-refractivity contribution is -0.141. The Balaban J connectivity index is 1.20. The van der Waals surface area contributed by atoms with E-state index in [1.165, 1.54) is 0 Å². The molecule has 3 N–H and O–H groups in total. The molecule has 2 aromatic carbocycles. The van der Waals surface area contributed by atoms with E-state index in [0.29, 0.717) is 31.7 Å². The third-order valence-corrected chi connectivity index (χ3v) is 7.07. The van der Waals surface area contributed by atoms with Gasteiger partial charge in [0.1, 0.15) is 0 Å². The molecule has 3 amide bonds. The Morgan fingerprint density at radius 1 is 0.879 bits per heavy atom. The molecule has 7 heteroatoms. The van der Waals surface area contributed by atoms with Gasteiger partial charge in [0.2, 0.25) is 11.8 Å². The number of nitrogens with two attached hydrogens (primary N) is 1. The molecule has 33 heavy (non-hydrogen) atoms. The smallest absolute Gasteiger partial charge is 0.253 e. The standard InChI is InChI=1S/C26H30N4O3/c27-26(11-2-12-26)25(33)30-15-13-29(14-16-30)24(32)20-9-5-18(6-10-20)21-3-1-4-22(17-21)28-23(31)19-7-8-19/h1,3-6,9-10,17,19H,2,7-8,11-16,27H2,(H,28,31). The summed E-state index contributed by atoms with van der Waals surface area (Å²) in [6.45, 7) is 2.10. The van der Waals surface area contributed by atoms with Gasteiger partial charge in [-0.2, -0.15) is 0 Å². The van der Waals surface area contributed by atoms with Crippen LogP contribution in [-0.4, -0.2) is 59.2 Å². The second-order valence-electron chi connectivity index (χ2n) is 9.52. The lowest BCUT2D eigenvalue weighted by atomic mass is 9.76. The van der Waals surface area contributed by atoms with Gasteiger partial charge in [-0.25, -0.2) is 0 Å².